The Labute approximate surface area is 119 Å². The van der Waals surface area contributed by atoms with Crippen molar-refractivity contribution in [3.05, 3.63) is 24.0 Å². The highest BCUT2D eigenvalue weighted by Gasteiger charge is 2.45. The second-order valence-corrected chi connectivity index (χ2v) is 5.86. The summed E-state index contributed by atoms with van der Waals surface area (Å²) < 4.78 is 1.92. The summed E-state index contributed by atoms with van der Waals surface area (Å²) >= 11 is 0. The van der Waals surface area contributed by atoms with E-state index in [0.717, 1.165) is 12.8 Å². The Kier molecular flexibility index (Phi) is 3.88. The van der Waals surface area contributed by atoms with E-state index in [4.69, 9.17) is 5.73 Å². The molecule has 2 amide bonds. The Morgan fingerprint density at radius 1 is 1.35 bits per heavy atom. The van der Waals surface area contributed by atoms with Crippen molar-refractivity contribution in [2.45, 2.75) is 51.1 Å². The van der Waals surface area contributed by atoms with Gasteiger partial charge in [0.05, 0.1) is 0 Å². The zero-order valence-electron chi connectivity index (χ0n) is 12.4. The van der Waals surface area contributed by atoms with Gasteiger partial charge in [0.1, 0.15) is 11.2 Å². The molecule has 1 aliphatic rings. The summed E-state index contributed by atoms with van der Waals surface area (Å²) in [6.07, 6.45) is 5.08. The van der Waals surface area contributed by atoms with Gasteiger partial charge >= 0.3 is 0 Å². The summed E-state index contributed by atoms with van der Waals surface area (Å²) in [5.41, 5.74) is 5.37. The molecule has 20 heavy (non-hydrogen) atoms. The molecule has 5 heteroatoms. The maximum absolute atomic E-state index is 12.7. The molecule has 1 heterocycles. The van der Waals surface area contributed by atoms with E-state index >= 15 is 0 Å². The van der Waals surface area contributed by atoms with Crippen LogP contribution < -0.4 is 5.73 Å². The average molecular weight is 277 g/mol. The minimum Gasteiger partial charge on any atom is -0.368 e. The first-order chi connectivity index (χ1) is 9.40. The number of rotatable bonds is 4. The predicted molar refractivity (Wildman–Crippen MR) is 77.3 cm³/mol. The van der Waals surface area contributed by atoms with E-state index in [0.29, 0.717) is 18.5 Å². The van der Waals surface area contributed by atoms with Crippen LogP contribution in [0.25, 0.3) is 0 Å². The van der Waals surface area contributed by atoms with Gasteiger partial charge in [-0.1, -0.05) is 12.8 Å². The van der Waals surface area contributed by atoms with Crippen molar-refractivity contribution < 1.29 is 9.59 Å². The van der Waals surface area contributed by atoms with Crippen molar-refractivity contribution >= 4 is 11.8 Å². The lowest BCUT2D eigenvalue weighted by Crippen LogP contribution is -2.56. The zero-order valence-corrected chi connectivity index (χ0v) is 12.4. The lowest BCUT2D eigenvalue weighted by Gasteiger charge is -2.36. The molecule has 5 nitrogen and oxygen atoms in total. The molecule has 2 N–H and O–H groups in total. The normalized spacial score (nSPS) is 17.4. The molecule has 0 bridgehead atoms. The van der Waals surface area contributed by atoms with Crippen molar-refractivity contribution in [3.8, 4) is 0 Å². The summed E-state index contributed by atoms with van der Waals surface area (Å²) in [6.45, 7) is 4.05. The maximum Gasteiger partial charge on any atom is 0.271 e. The number of hydrogen-bond acceptors (Lipinski definition) is 2. The first kappa shape index (κ1) is 14.6. The summed E-state index contributed by atoms with van der Waals surface area (Å²) in [5, 5.41) is 0. The van der Waals surface area contributed by atoms with Crippen LogP contribution in [0.3, 0.4) is 0 Å². The molecular formula is C15H23N3O2. The van der Waals surface area contributed by atoms with Crippen LogP contribution in [-0.4, -0.2) is 33.9 Å². The van der Waals surface area contributed by atoms with E-state index in [-0.39, 0.29) is 11.9 Å². The van der Waals surface area contributed by atoms with E-state index in [9.17, 15) is 9.59 Å². The van der Waals surface area contributed by atoms with Crippen LogP contribution in [0.4, 0.5) is 0 Å². The molecular weight excluding hydrogens is 254 g/mol. The Morgan fingerprint density at radius 3 is 2.45 bits per heavy atom. The maximum atomic E-state index is 12.7. The molecule has 1 aromatic heterocycles. The molecule has 0 atom stereocenters. The first-order valence-electron chi connectivity index (χ1n) is 7.15. The molecule has 1 saturated carbocycles. The van der Waals surface area contributed by atoms with E-state index < -0.39 is 11.4 Å². The number of likely N-dealkylation sites (N-methyl/N-ethyl adjacent to an activating group) is 1. The van der Waals surface area contributed by atoms with Crippen LogP contribution >= 0.6 is 0 Å². The number of carbonyl (C=O) groups is 2. The lowest BCUT2D eigenvalue weighted by atomic mass is 9.94. The highest BCUT2D eigenvalue weighted by atomic mass is 16.2. The molecule has 110 valence electrons. The number of aromatic nitrogens is 1. The number of amides is 2. The van der Waals surface area contributed by atoms with Crippen LogP contribution in [-0.2, 0) is 4.79 Å². The van der Waals surface area contributed by atoms with Crippen molar-refractivity contribution in [1.29, 1.82) is 0 Å². The molecule has 1 aliphatic carbocycles. The molecule has 0 saturated heterocycles. The second-order valence-electron chi connectivity index (χ2n) is 5.86. The largest absolute Gasteiger partial charge is 0.368 e. The zero-order chi connectivity index (χ0) is 14.9. The summed E-state index contributed by atoms with van der Waals surface area (Å²) in [5.74, 6) is -0.530. The summed E-state index contributed by atoms with van der Waals surface area (Å²) in [7, 11) is 1.69. The van der Waals surface area contributed by atoms with Gasteiger partial charge in [-0.3, -0.25) is 9.59 Å². The third-order valence-corrected chi connectivity index (χ3v) is 4.39. The quantitative estimate of drug-likeness (QED) is 0.913. The molecule has 0 aliphatic heterocycles. The second kappa shape index (κ2) is 5.31. The van der Waals surface area contributed by atoms with Crippen LogP contribution in [0.15, 0.2) is 18.3 Å². The SMILES string of the molecule is CC(C)n1cccc1C(=O)N(C)C1(C(N)=O)CCCC1. The number of carbonyl (C=O) groups excluding carboxylic acids is 2. The summed E-state index contributed by atoms with van der Waals surface area (Å²) in [4.78, 5) is 26.2. The Balaban J connectivity index is 2.32. The van der Waals surface area contributed by atoms with Gasteiger partial charge < -0.3 is 15.2 Å². The fraction of sp³-hybridized carbons (Fsp3) is 0.600. The fourth-order valence-electron chi connectivity index (χ4n) is 3.10. The van der Waals surface area contributed by atoms with Crippen LogP contribution in [0.5, 0.6) is 0 Å². The summed E-state index contributed by atoms with van der Waals surface area (Å²) in [6, 6.07) is 3.85. The van der Waals surface area contributed by atoms with Gasteiger partial charge in [0.15, 0.2) is 0 Å². The molecule has 1 fully saturated rings. The smallest absolute Gasteiger partial charge is 0.271 e. The molecule has 0 spiro atoms. The van der Waals surface area contributed by atoms with E-state index in [1.54, 1.807) is 18.0 Å². The van der Waals surface area contributed by atoms with Gasteiger partial charge in [-0.2, -0.15) is 0 Å². The number of nitrogens with two attached hydrogens (primary N) is 1. The number of primary amides is 1. The van der Waals surface area contributed by atoms with Crippen molar-refractivity contribution in [1.82, 2.24) is 9.47 Å². The standard InChI is InChI=1S/C15H23N3O2/c1-11(2)18-10-6-7-12(18)13(19)17(3)15(14(16)20)8-4-5-9-15/h6-7,10-11H,4-5,8-9H2,1-3H3,(H2,16,20). The van der Waals surface area contributed by atoms with Crippen molar-refractivity contribution in [2.24, 2.45) is 5.73 Å². The molecule has 0 aromatic carbocycles. The highest BCUT2D eigenvalue weighted by molar-refractivity contribution is 5.98. The van der Waals surface area contributed by atoms with Gasteiger partial charge in [0.25, 0.3) is 5.91 Å². The third-order valence-electron chi connectivity index (χ3n) is 4.39. The Morgan fingerprint density at radius 2 is 1.95 bits per heavy atom. The minimum atomic E-state index is -0.816. The van der Waals surface area contributed by atoms with Gasteiger partial charge in [-0.25, -0.2) is 0 Å². The number of hydrogen-bond donors (Lipinski definition) is 1. The first-order valence-corrected chi connectivity index (χ1v) is 7.15. The van der Waals surface area contributed by atoms with Gasteiger partial charge in [-0.05, 0) is 38.8 Å². The average Bonchev–Trinajstić information content (AvgIpc) is 3.06. The lowest BCUT2D eigenvalue weighted by molar-refractivity contribution is -0.127. The van der Waals surface area contributed by atoms with Gasteiger partial charge in [0.2, 0.25) is 5.91 Å². The van der Waals surface area contributed by atoms with E-state index in [1.807, 2.05) is 30.7 Å². The monoisotopic (exact) mass is 277 g/mol. The Bertz CT molecular complexity index is 513. The molecule has 2 rings (SSSR count). The van der Waals surface area contributed by atoms with Gasteiger partial charge in [0, 0.05) is 19.3 Å². The topological polar surface area (TPSA) is 68.3 Å². The molecule has 1 aromatic rings. The van der Waals surface area contributed by atoms with E-state index in [1.165, 1.54) is 0 Å². The highest BCUT2D eigenvalue weighted by Crippen LogP contribution is 2.35. The minimum absolute atomic E-state index is 0.135. The predicted octanol–water partition coefficient (Wildman–Crippen LogP) is 1.94. The van der Waals surface area contributed by atoms with Crippen molar-refractivity contribution in [3.63, 3.8) is 0 Å². The molecule has 0 radical (unpaired) electrons. The van der Waals surface area contributed by atoms with Crippen LogP contribution in [0, 0.1) is 0 Å². The Hall–Kier alpha value is -1.78. The number of nitrogens with zero attached hydrogens (tertiary/aromatic N) is 2. The van der Waals surface area contributed by atoms with Gasteiger partial charge in [-0.15, -0.1) is 0 Å². The van der Waals surface area contributed by atoms with Crippen molar-refractivity contribution in [2.75, 3.05) is 7.05 Å². The third kappa shape index (κ3) is 2.21. The molecule has 0 unspecified atom stereocenters. The fourth-order valence-corrected chi connectivity index (χ4v) is 3.10. The van der Waals surface area contributed by atoms with Crippen LogP contribution in [0.1, 0.15) is 56.1 Å². The van der Waals surface area contributed by atoms with Crippen LogP contribution in [0.2, 0.25) is 0 Å². The van der Waals surface area contributed by atoms with E-state index in [2.05, 4.69) is 0 Å².